The maximum absolute atomic E-state index is 13.7. The molecular formula is C12H15F2NO3. The molecule has 0 fully saturated rings. The quantitative estimate of drug-likeness (QED) is 0.808. The van der Waals surface area contributed by atoms with Gasteiger partial charge in [0.1, 0.15) is 0 Å². The number of carbonyl (C=O) groups excluding carboxylic acids is 1. The summed E-state index contributed by atoms with van der Waals surface area (Å²) in [4.78, 5) is 11.2. The van der Waals surface area contributed by atoms with Gasteiger partial charge in [0, 0.05) is 5.56 Å². The lowest BCUT2D eigenvalue weighted by Gasteiger charge is -2.17. The second-order valence-electron chi connectivity index (χ2n) is 3.86. The van der Waals surface area contributed by atoms with Gasteiger partial charge in [-0.25, -0.2) is 13.6 Å². The van der Waals surface area contributed by atoms with Crippen molar-refractivity contribution in [1.29, 1.82) is 0 Å². The van der Waals surface area contributed by atoms with Gasteiger partial charge >= 0.3 is 5.97 Å². The van der Waals surface area contributed by atoms with E-state index in [1.807, 2.05) is 0 Å². The van der Waals surface area contributed by atoms with Crippen molar-refractivity contribution < 1.29 is 23.4 Å². The SMILES string of the molecule is CCOC(=O)C(F)[C@H](N)c1cc(C)cc(F)c1O. The predicted molar refractivity (Wildman–Crippen MR) is 61.3 cm³/mol. The number of aromatic hydroxyl groups is 1. The van der Waals surface area contributed by atoms with Gasteiger partial charge in [-0.15, -0.1) is 0 Å². The third-order valence-electron chi connectivity index (χ3n) is 2.42. The number of esters is 1. The molecular weight excluding hydrogens is 244 g/mol. The maximum atomic E-state index is 13.7. The van der Waals surface area contributed by atoms with Gasteiger partial charge in [-0.3, -0.25) is 0 Å². The summed E-state index contributed by atoms with van der Waals surface area (Å²) in [5.74, 6) is -2.79. The lowest BCUT2D eigenvalue weighted by molar-refractivity contribution is -0.149. The molecule has 0 aromatic heterocycles. The molecule has 2 atom stereocenters. The Morgan fingerprint density at radius 3 is 2.72 bits per heavy atom. The molecule has 0 saturated heterocycles. The van der Waals surface area contributed by atoms with Crippen LogP contribution in [0.4, 0.5) is 8.78 Å². The van der Waals surface area contributed by atoms with Crippen molar-refractivity contribution in [2.24, 2.45) is 5.73 Å². The monoisotopic (exact) mass is 259 g/mol. The molecule has 0 heterocycles. The van der Waals surface area contributed by atoms with Crippen LogP contribution in [0.5, 0.6) is 5.75 Å². The fourth-order valence-electron chi connectivity index (χ4n) is 1.54. The normalized spacial score (nSPS) is 14.1. The van der Waals surface area contributed by atoms with Crippen molar-refractivity contribution in [3.05, 3.63) is 29.1 Å². The van der Waals surface area contributed by atoms with Crippen LogP contribution < -0.4 is 5.73 Å². The Kier molecular flexibility index (Phi) is 4.61. The van der Waals surface area contributed by atoms with Crippen LogP contribution >= 0.6 is 0 Å². The van der Waals surface area contributed by atoms with E-state index in [1.54, 1.807) is 6.92 Å². The van der Waals surface area contributed by atoms with E-state index in [1.165, 1.54) is 13.0 Å². The molecule has 1 rings (SSSR count). The molecule has 0 spiro atoms. The van der Waals surface area contributed by atoms with Gasteiger partial charge in [-0.1, -0.05) is 6.07 Å². The number of aryl methyl sites for hydroxylation is 1. The zero-order valence-electron chi connectivity index (χ0n) is 10.1. The Morgan fingerprint density at radius 2 is 2.17 bits per heavy atom. The molecule has 0 saturated carbocycles. The average Bonchev–Trinajstić information content (AvgIpc) is 2.32. The number of ether oxygens (including phenoxy) is 1. The summed E-state index contributed by atoms with van der Waals surface area (Å²) in [5.41, 5.74) is 5.81. The summed E-state index contributed by atoms with van der Waals surface area (Å²) < 4.78 is 31.4. The van der Waals surface area contributed by atoms with Crippen LogP contribution in [-0.2, 0) is 9.53 Å². The second kappa shape index (κ2) is 5.77. The number of rotatable bonds is 4. The number of hydrogen-bond acceptors (Lipinski definition) is 4. The standard InChI is InChI=1S/C12H15F2NO3/c1-3-18-12(17)9(14)10(15)7-4-6(2)5-8(13)11(7)16/h4-5,9-10,16H,3,15H2,1-2H3/t9?,10-/m1/s1. The molecule has 3 N–H and O–H groups in total. The molecule has 0 radical (unpaired) electrons. The Bertz CT molecular complexity index is 451. The Balaban J connectivity index is 3.03. The predicted octanol–water partition coefficient (Wildman–Crippen LogP) is 1.74. The summed E-state index contributed by atoms with van der Waals surface area (Å²) in [6.45, 7) is 3.11. The van der Waals surface area contributed by atoms with Crippen molar-refractivity contribution >= 4 is 5.97 Å². The molecule has 0 amide bonds. The number of benzene rings is 1. The summed E-state index contributed by atoms with van der Waals surface area (Å²) >= 11 is 0. The largest absolute Gasteiger partial charge is 0.505 e. The number of nitrogens with two attached hydrogens (primary N) is 1. The second-order valence-corrected chi connectivity index (χ2v) is 3.86. The van der Waals surface area contributed by atoms with Crippen LogP contribution in [0.15, 0.2) is 12.1 Å². The molecule has 0 bridgehead atoms. The summed E-state index contributed by atoms with van der Waals surface area (Å²) in [6.07, 6.45) is -2.16. The lowest BCUT2D eigenvalue weighted by Crippen LogP contribution is -2.31. The number of phenols is 1. The van der Waals surface area contributed by atoms with E-state index in [9.17, 15) is 18.7 Å². The molecule has 0 aliphatic carbocycles. The number of hydrogen-bond donors (Lipinski definition) is 2. The average molecular weight is 259 g/mol. The molecule has 0 aliphatic rings. The molecule has 1 aromatic rings. The Labute approximate surface area is 103 Å². The van der Waals surface area contributed by atoms with Gasteiger partial charge in [0.15, 0.2) is 11.6 Å². The molecule has 4 nitrogen and oxygen atoms in total. The summed E-state index contributed by atoms with van der Waals surface area (Å²) in [6, 6.07) is 0.941. The van der Waals surface area contributed by atoms with Crippen molar-refractivity contribution in [3.8, 4) is 5.75 Å². The van der Waals surface area contributed by atoms with Gasteiger partial charge in [0.2, 0.25) is 6.17 Å². The van der Waals surface area contributed by atoms with Crippen LogP contribution in [0.25, 0.3) is 0 Å². The Hall–Kier alpha value is -1.69. The van der Waals surface area contributed by atoms with Gasteiger partial charge in [-0.05, 0) is 25.5 Å². The zero-order chi connectivity index (χ0) is 13.9. The van der Waals surface area contributed by atoms with Crippen molar-refractivity contribution in [2.75, 3.05) is 6.61 Å². The minimum absolute atomic E-state index is 0.0140. The maximum Gasteiger partial charge on any atom is 0.342 e. The highest BCUT2D eigenvalue weighted by Crippen LogP contribution is 2.30. The number of phenolic OH excluding ortho intramolecular Hbond substituents is 1. The first-order chi connectivity index (χ1) is 8.38. The van der Waals surface area contributed by atoms with Gasteiger partial charge in [-0.2, -0.15) is 0 Å². The number of halogens is 2. The van der Waals surface area contributed by atoms with E-state index in [-0.39, 0.29) is 12.2 Å². The number of carbonyl (C=O) groups is 1. The summed E-state index contributed by atoms with van der Waals surface area (Å²) in [7, 11) is 0. The fraction of sp³-hybridized carbons (Fsp3) is 0.417. The van der Waals surface area contributed by atoms with Gasteiger partial charge < -0.3 is 15.6 Å². The lowest BCUT2D eigenvalue weighted by atomic mass is 9.99. The molecule has 18 heavy (non-hydrogen) atoms. The van der Waals surface area contributed by atoms with E-state index < -0.39 is 29.7 Å². The number of alkyl halides is 1. The van der Waals surface area contributed by atoms with E-state index in [4.69, 9.17) is 5.73 Å². The van der Waals surface area contributed by atoms with E-state index in [0.717, 1.165) is 6.07 Å². The minimum Gasteiger partial charge on any atom is -0.505 e. The first-order valence-corrected chi connectivity index (χ1v) is 5.43. The topological polar surface area (TPSA) is 72.5 Å². The van der Waals surface area contributed by atoms with Crippen LogP contribution in [0.2, 0.25) is 0 Å². The zero-order valence-corrected chi connectivity index (χ0v) is 10.1. The molecule has 0 aliphatic heterocycles. The summed E-state index contributed by atoms with van der Waals surface area (Å²) in [5, 5.41) is 9.48. The van der Waals surface area contributed by atoms with Crippen molar-refractivity contribution in [1.82, 2.24) is 0 Å². The first-order valence-electron chi connectivity index (χ1n) is 5.43. The highest BCUT2D eigenvalue weighted by atomic mass is 19.1. The molecule has 1 aromatic carbocycles. The highest BCUT2D eigenvalue weighted by molar-refractivity contribution is 5.76. The van der Waals surface area contributed by atoms with Crippen molar-refractivity contribution in [3.63, 3.8) is 0 Å². The molecule has 1 unspecified atom stereocenters. The van der Waals surface area contributed by atoms with Crippen LogP contribution in [0.3, 0.4) is 0 Å². The van der Waals surface area contributed by atoms with E-state index >= 15 is 0 Å². The molecule has 6 heteroatoms. The van der Waals surface area contributed by atoms with Gasteiger partial charge in [0.25, 0.3) is 0 Å². The minimum atomic E-state index is -2.16. The fourth-order valence-corrected chi connectivity index (χ4v) is 1.54. The third kappa shape index (κ3) is 2.95. The Morgan fingerprint density at radius 1 is 1.56 bits per heavy atom. The molecule has 100 valence electrons. The third-order valence-corrected chi connectivity index (χ3v) is 2.42. The van der Waals surface area contributed by atoms with Crippen LogP contribution in [-0.4, -0.2) is 23.9 Å². The van der Waals surface area contributed by atoms with E-state index in [0.29, 0.717) is 5.56 Å². The van der Waals surface area contributed by atoms with Crippen LogP contribution in [0, 0.1) is 12.7 Å². The van der Waals surface area contributed by atoms with Crippen molar-refractivity contribution in [2.45, 2.75) is 26.1 Å². The first kappa shape index (κ1) is 14.4. The highest BCUT2D eigenvalue weighted by Gasteiger charge is 2.30. The van der Waals surface area contributed by atoms with Gasteiger partial charge in [0.05, 0.1) is 12.6 Å². The smallest absolute Gasteiger partial charge is 0.342 e. The van der Waals surface area contributed by atoms with E-state index in [2.05, 4.69) is 4.74 Å². The van der Waals surface area contributed by atoms with Crippen LogP contribution in [0.1, 0.15) is 24.1 Å².